The van der Waals surface area contributed by atoms with Gasteiger partial charge >= 0.3 is 6.03 Å². The van der Waals surface area contributed by atoms with Crippen LogP contribution in [0.5, 0.6) is 0 Å². The first kappa shape index (κ1) is 19.0. The Kier molecular flexibility index (Phi) is 5.35. The second kappa shape index (κ2) is 7.87. The Morgan fingerprint density at radius 3 is 2.57 bits per heavy atom. The molecule has 2 N–H and O–H groups in total. The fourth-order valence-electron chi connectivity index (χ4n) is 2.93. The first-order valence-electron chi connectivity index (χ1n) is 8.63. The average molecular weight is 382 g/mol. The Morgan fingerprint density at radius 1 is 1.11 bits per heavy atom. The zero-order chi connectivity index (χ0) is 20.3. The predicted molar refractivity (Wildman–Crippen MR) is 101 cm³/mol. The molecule has 3 rings (SSSR count). The fourth-order valence-corrected chi connectivity index (χ4v) is 2.93. The summed E-state index contributed by atoms with van der Waals surface area (Å²) in [6, 6.07) is 10.6. The second-order valence-corrected chi connectivity index (χ2v) is 6.35. The van der Waals surface area contributed by atoms with Gasteiger partial charge in [-0.15, -0.1) is 0 Å². The van der Waals surface area contributed by atoms with Crippen LogP contribution >= 0.6 is 0 Å². The molecule has 0 aromatic heterocycles. The summed E-state index contributed by atoms with van der Waals surface area (Å²) in [4.78, 5) is 47.9. The molecule has 0 fully saturated rings. The van der Waals surface area contributed by atoms with E-state index in [-0.39, 0.29) is 35.9 Å². The van der Waals surface area contributed by atoms with Gasteiger partial charge in [-0.1, -0.05) is 12.1 Å². The fraction of sp³-hybridized carbons (Fsp3) is 0.211. The number of non-ortho nitro benzene ring substituents is 1. The molecule has 1 aliphatic heterocycles. The molecule has 0 atom stereocenters. The summed E-state index contributed by atoms with van der Waals surface area (Å²) < 4.78 is 0. The number of aryl methyl sites for hydroxylation is 1. The first-order valence-corrected chi connectivity index (χ1v) is 8.63. The number of fused-ring (bicyclic) bond motifs is 1. The van der Waals surface area contributed by atoms with Crippen LogP contribution in [0.25, 0.3) is 0 Å². The number of benzene rings is 2. The van der Waals surface area contributed by atoms with E-state index in [0.717, 1.165) is 16.5 Å². The van der Waals surface area contributed by atoms with Crippen molar-refractivity contribution in [2.24, 2.45) is 0 Å². The minimum Gasteiger partial charge on any atom is -0.338 e. The molecular formula is C19H18N4O5. The summed E-state index contributed by atoms with van der Waals surface area (Å²) in [5.41, 5.74) is 1.63. The Bertz CT molecular complexity index is 973. The standard InChI is InChI=1S/C19H18N4O5/c1-12-4-2-5-13(10-12)21-19(26)20-8-3-9-22-17(24)15-7-6-14(23(27)28)11-16(15)18(22)25/h2,4-7,10-11H,3,8-9H2,1H3,(H2,20,21,26). The summed E-state index contributed by atoms with van der Waals surface area (Å²) in [5.74, 6) is -1.05. The van der Waals surface area contributed by atoms with Crippen LogP contribution in [0.3, 0.4) is 0 Å². The lowest BCUT2D eigenvalue weighted by Gasteiger charge is -2.14. The van der Waals surface area contributed by atoms with Crippen molar-refractivity contribution >= 4 is 29.2 Å². The van der Waals surface area contributed by atoms with E-state index in [2.05, 4.69) is 10.6 Å². The van der Waals surface area contributed by atoms with Crippen LogP contribution in [0.2, 0.25) is 0 Å². The molecule has 2 aromatic rings. The van der Waals surface area contributed by atoms with E-state index in [0.29, 0.717) is 12.1 Å². The summed E-state index contributed by atoms with van der Waals surface area (Å²) in [6.07, 6.45) is 0.356. The van der Waals surface area contributed by atoms with Gasteiger partial charge in [-0.2, -0.15) is 0 Å². The third-order valence-electron chi connectivity index (χ3n) is 4.29. The highest BCUT2D eigenvalue weighted by Crippen LogP contribution is 2.26. The van der Waals surface area contributed by atoms with E-state index in [4.69, 9.17) is 0 Å². The van der Waals surface area contributed by atoms with Crippen molar-refractivity contribution < 1.29 is 19.3 Å². The minimum atomic E-state index is -0.614. The minimum absolute atomic E-state index is 0.0318. The van der Waals surface area contributed by atoms with E-state index in [1.807, 2.05) is 25.1 Å². The van der Waals surface area contributed by atoms with Gasteiger partial charge in [0.05, 0.1) is 16.1 Å². The molecule has 0 saturated heterocycles. The van der Waals surface area contributed by atoms with Gasteiger partial charge in [-0.3, -0.25) is 24.6 Å². The number of carbonyl (C=O) groups is 3. The molecule has 28 heavy (non-hydrogen) atoms. The molecule has 0 spiro atoms. The molecule has 2 aromatic carbocycles. The maximum atomic E-state index is 12.4. The summed E-state index contributed by atoms with van der Waals surface area (Å²) >= 11 is 0. The molecule has 4 amide bonds. The van der Waals surface area contributed by atoms with Gasteiger partial charge in [0.2, 0.25) is 0 Å². The van der Waals surface area contributed by atoms with Crippen LogP contribution in [-0.4, -0.2) is 40.8 Å². The van der Waals surface area contributed by atoms with Crippen LogP contribution in [0.4, 0.5) is 16.2 Å². The smallest absolute Gasteiger partial charge is 0.319 e. The molecule has 0 bridgehead atoms. The first-order chi connectivity index (χ1) is 13.4. The molecule has 0 aliphatic carbocycles. The number of nitro benzene ring substituents is 1. The van der Waals surface area contributed by atoms with Crippen molar-refractivity contribution in [3.05, 3.63) is 69.3 Å². The van der Waals surface area contributed by atoms with E-state index >= 15 is 0 Å². The summed E-state index contributed by atoms with van der Waals surface area (Å²) in [5, 5.41) is 16.2. The topological polar surface area (TPSA) is 122 Å². The van der Waals surface area contributed by atoms with Gasteiger partial charge < -0.3 is 10.6 Å². The molecule has 1 heterocycles. The molecule has 0 radical (unpaired) electrons. The molecule has 0 unspecified atom stereocenters. The van der Waals surface area contributed by atoms with Crippen molar-refractivity contribution in [1.82, 2.24) is 10.2 Å². The van der Waals surface area contributed by atoms with Gasteiger partial charge in [-0.05, 0) is 37.1 Å². The maximum Gasteiger partial charge on any atom is 0.319 e. The number of carbonyl (C=O) groups excluding carboxylic acids is 3. The van der Waals surface area contributed by atoms with E-state index in [9.17, 15) is 24.5 Å². The van der Waals surface area contributed by atoms with E-state index in [1.54, 1.807) is 6.07 Å². The third kappa shape index (κ3) is 3.98. The zero-order valence-corrected chi connectivity index (χ0v) is 15.1. The third-order valence-corrected chi connectivity index (χ3v) is 4.29. The molecule has 9 heteroatoms. The Hall–Kier alpha value is -3.75. The van der Waals surface area contributed by atoms with Crippen LogP contribution < -0.4 is 10.6 Å². The Morgan fingerprint density at radius 2 is 1.86 bits per heavy atom. The number of rotatable bonds is 6. The normalized spacial score (nSPS) is 12.7. The highest BCUT2D eigenvalue weighted by Gasteiger charge is 2.36. The quantitative estimate of drug-likeness (QED) is 0.344. The molecular weight excluding hydrogens is 364 g/mol. The molecule has 144 valence electrons. The number of nitrogens with zero attached hydrogens (tertiary/aromatic N) is 2. The highest BCUT2D eigenvalue weighted by atomic mass is 16.6. The van der Waals surface area contributed by atoms with Gasteiger partial charge in [0.1, 0.15) is 0 Å². The Balaban J connectivity index is 1.51. The lowest BCUT2D eigenvalue weighted by atomic mass is 10.1. The van der Waals surface area contributed by atoms with Crippen molar-refractivity contribution in [3.63, 3.8) is 0 Å². The molecule has 9 nitrogen and oxygen atoms in total. The van der Waals surface area contributed by atoms with Gasteiger partial charge in [-0.25, -0.2) is 4.79 Å². The summed E-state index contributed by atoms with van der Waals surface area (Å²) in [6.45, 7) is 2.27. The van der Waals surface area contributed by atoms with Crippen molar-refractivity contribution in [1.29, 1.82) is 0 Å². The monoisotopic (exact) mass is 382 g/mol. The maximum absolute atomic E-state index is 12.4. The number of nitrogens with one attached hydrogen (secondary N) is 2. The number of amides is 4. The van der Waals surface area contributed by atoms with Crippen LogP contribution in [0.15, 0.2) is 42.5 Å². The lowest BCUT2D eigenvalue weighted by Crippen LogP contribution is -2.35. The number of hydrogen-bond donors (Lipinski definition) is 2. The number of urea groups is 1. The van der Waals surface area contributed by atoms with Gasteiger partial charge in [0, 0.05) is 30.9 Å². The summed E-state index contributed by atoms with van der Waals surface area (Å²) in [7, 11) is 0. The largest absolute Gasteiger partial charge is 0.338 e. The van der Waals surface area contributed by atoms with Crippen molar-refractivity contribution in [3.8, 4) is 0 Å². The van der Waals surface area contributed by atoms with Crippen molar-refractivity contribution in [2.75, 3.05) is 18.4 Å². The predicted octanol–water partition coefficient (Wildman–Crippen LogP) is 2.71. The number of hydrogen-bond acceptors (Lipinski definition) is 5. The number of imide groups is 1. The molecule has 0 saturated carbocycles. The zero-order valence-electron chi connectivity index (χ0n) is 15.1. The van der Waals surface area contributed by atoms with Gasteiger partial charge in [0.15, 0.2) is 0 Å². The number of anilines is 1. The van der Waals surface area contributed by atoms with Crippen LogP contribution in [-0.2, 0) is 0 Å². The molecule has 1 aliphatic rings. The second-order valence-electron chi connectivity index (χ2n) is 6.35. The van der Waals surface area contributed by atoms with E-state index < -0.39 is 16.7 Å². The SMILES string of the molecule is Cc1cccc(NC(=O)NCCCN2C(=O)c3ccc([N+](=O)[O-])cc3C2=O)c1. The number of nitro groups is 1. The van der Waals surface area contributed by atoms with Crippen LogP contribution in [0.1, 0.15) is 32.7 Å². The van der Waals surface area contributed by atoms with Crippen molar-refractivity contribution in [2.45, 2.75) is 13.3 Å². The highest BCUT2D eigenvalue weighted by molar-refractivity contribution is 6.21. The van der Waals surface area contributed by atoms with Gasteiger partial charge in [0.25, 0.3) is 17.5 Å². The average Bonchev–Trinajstić information content (AvgIpc) is 2.89. The van der Waals surface area contributed by atoms with Crippen LogP contribution in [0, 0.1) is 17.0 Å². The van der Waals surface area contributed by atoms with E-state index in [1.165, 1.54) is 12.1 Å². The Labute approximate surface area is 160 Å². The lowest BCUT2D eigenvalue weighted by molar-refractivity contribution is -0.384.